The van der Waals surface area contributed by atoms with E-state index >= 15 is 0 Å². The predicted octanol–water partition coefficient (Wildman–Crippen LogP) is 7.42. The lowest BCUT2D eigenvalue weighted by molar-refractivity contribution is -0.143. The summed E-state index contributed by atoms with van der Waals surface area (Å²) in [5.41, 5.74) is 8.79. The first-order chi connectivity index (χ1) is 31.4. The number of carbonyl (C=O) groups is 2. The van der Waals surface area contributed by atoms with Crippen molar-refractivity contribution >= 4 is 79.9 Å². The number of hydrogen-bond donors (Lipinski definition) is 4. The van der Waals surface area contributed by atoms with Crippen LogP contribution < -0.4 is 25.8 Å². The average Bonchev–Trinajstić information content (AvgIpc) is 3.28. The normalized spacial score (nSPS) is 12.4. The molecule has 0 aliphatic heterocycles. The molecule has 0 saturated carbocycles. The minimum absolute atomic E-state index is 0.0000813. The summed E-state index contributed by atoms with van der Waals surface area (Å²) in [5.74, 6) is -0.439. The lowest BCUT2D eigenvalue weighted by atomic mass is 10.1. The zero-order chi connectivity index (χ0) is 48.2. The Bertz CT molecular complexity index is 2470. The number of amides is 1. The fourth-order valence-electron chi connectivity index (χ4n) is 6.79. The van der Waals surface area contributed by atoms with E-state index in [4.69, 9.17) is 38.4 Å². The minimum Gasteiger partial charge on any atom is -0.496 e. The zero-order valence-electron chi connectivity index (χ0n) is 38.1. The minimum atomic E-state index is -0.907. The number of aromatic nitrogens is 4. The second kappa shape index (κ2) is 23.4. The van der Waals surface area contributed by atoms with Crippen molar-refractivity contribution in [3.63, 3.8) is 0 Å². The van der Waals surface area contributed by atoms with Gasteiger partial charge in [-0.05, 0) is 78.4 Å². The van der Waals surface area contributed by atoms with E-state index in [0.717, 1.165) is 17.7 Å². The predicted molar refractivity (Wildman–Crippen MR) is 255 cm³/mol. The molecule has 0 unspecified atom stereocenters. The molecule has 352 valence electrons. The van der Waals surface area contributed by atoms with Gasteiger partial charge in [-0.3, -0.25) is 19.4 Å². The third-order valence-electron chi connectivity index (χ3n) is 10.8. The van der Waals surface area contributed by atoms with E-state index in [9.17, 15) is 23.5 Å². The second-order valence-corrected chi connectivity index (χ2v) is 16.7. The Hall–Kier alpha value is -6.02. The van der Waals surface area contributed by atoms with E-state index in [1.54, 1.807) is 64.5 Å². The van der Waals surface area contributed by atoms with Crippen molar-refractivity contribution in [3.8, 4) is 11.5 Å². The SMILES string of the molecule is COc1cc2ncnc(Nc3cccc(Cl)c3F)c2cc1CN(CCN(C)C)[C@@H](C)C(=O)O.COc1cc2ncnc(Nc3cccc(Cl)c3F)c2cc1CN(CCN(C)C)[C@@H](C)C(N)=O. The summed E-state index contributed by atoms with van der Waals surface area (Å²) in [6.07, 6.45) is 2.77. The van der Waals surface area contributed by atoms with Gasteiger partial charge in [-0.25, -0.2) is 28.7 Å². The zero-order valence-corrected chi connectivity index (χ0v) is 39.6. The van der Waals surface area contributed by atoms with Crippen LogP contribution in [0.4, 0.5) is 31.8 Å². The molecule has 5 N–H and O–H groups in total. The number of carbonyl (C=O) groups excluding carboxylic acids is 1. The highest BCUT2D eigenvalue weighted by Crippen LogP contribution is 2.34. The molecular weight excluding hydrogens is 895 g/mol. The number of nitrogens with two attached hydrogens (primary N) is 1. The molecule has 16 nitrogen and oxygen atoms in total. The fourth-order valence-corrected chi connectivity index (χ4v) is 7.14. The molecule has 0 aliphatic rings. The van der Waals surface area contributed by atoms with Crippen LogP contribution in [-0.2, 0) is 22.7 Å². The van der Waals surface area contributed by atoms with Crippen LogP contribution in [0.15, 0.2) is 73.3 Å². The van der Waals surface area contributed by atoms with Crippen LogP contribution in [0.2, 0.25) is 10.0 Å². The summed E-state index contributed by atoms with van der Waals surface area (Å²) in [6.45, 7) is 6.80. The van der Waals surface area contributed by atoms with Gasteiger partial charge in [0.15, 0.2) is 11.6 Å². The van der Waals surface area contributed by atoms with Gasteiger partial charge in [0.2, 0.25) is 5.91 Å². The van der Waals surface area contributed by atoms with E-state index in [-0.39, 0.29) is 21.4 Å². The molecule has 6 rings (SSSR count). The van der Waals surface area contributed by atoms with Crippen LogP contribution in [0.5, 0.6) is 11.5 Å². The number of fused-ring (bicyclic) bond motifs is 2. The summed E-state index contributed by atoms with van der Waals surface area (Å²) >= 11 is 11.8. The number of nitrogens with zero attached hydrogens (tertiary/aromatic N) is 8. The van der Waals surface area contributed by atoms with E-state index < -0.39 is 35.6 Å². The van der Waals surface area contributed by atoms with Gasteiger partial charge < -0.3 is 40.7 Å². The van der Waals surface area contributed by atoms with Gasteiger partial charge in [-0.15, -0.1) is 0 Å². The number of carboxylic acids is 1. The monoisotopic (exact) mass is 949 g/mol. The van der Waals surface area contributed by atoms with Crippen LogP contribution in [-0.4, -0.2) is 137 Å². The maximum Gasteiger partial charge on any atom is 0.320 e. The summed E-state index contributed by atoms with van der Waals surface area (Å²) in [4.78, 5) is 48.7. The van der Waals surface area contributed by atoms with Gasteiger partial charge in [-0.2, -0.15) is 0 Å². The van der Waals surface area contributed by atoms with Gasteiger partial charge in [0.1, 0.15) is 41.8 Å². The summed E-state index contributed by atoms with van der Waals surface area (Å²) in [6, 6.07) is 15.5. The second-order valence-electron chi connectivity index (χ2n) is 15.9. The first-order valence-electron chi connectivity index (χ1n) is 20.8. The topological polar surface area (TPSA) is 187 Å². The smallest absolute Gasteiger partial charge is 0.320 e. The molecule has 1 amide bonds. The number of halogens is 4. The number of rotatable bonds is 20. The van der Waals surface area contributed by atoms with Crippen LogP contribution in [0, 0.1) is 11.6 Å². The van der Waals surface area contributed by atoms with Crippen molar-refractivity contribution in [2.24, 2.45) is 5.73 Å². The van der Waals surface area contributed by atoms with E-state index in [1.165, 1.54) is 24.8 Å². The first kappa shape index (κ1) is 51.0. The Balaban J connectivity index is 0.000000247. The molecule has 0 aliphatic carbocycles. The summed E-state index contributed by atoms with van der Waals surface area (Å²) < 4.78 is 40.1. The molecule has 6 aromatic rings. The third kappa shape index (κ3) is 13.1. The van der Waals surface area contributed by atoms with Crippen LogP contribution in [0.25, 0.3) is 21.8 Å². The maximum atomic E-state index is 14.5. The summed E-state index contributed by atoms with van der Waals surface area (Å²) in [5, 5.41) is 16.9. The molecule has 2 aromatic heterocycles. The molecule has 4 aromatic carbocycles. The number of ether oxygens (including phenoxy) is 2. The number of primary amides is 1. The Kier molecular flexibility index (Phi) is 18.1. The largest absolute Gasteiger partial charge is 0.496 e. The van der Waals surface area contributed by atoms with Crippen molar-refractivity contribution in [2.75, 3.05) is 79.2 Å². The van der Waals surface area contributed by atoms with Gasteiger partial charge >= 0.3 is 5.97 Å². The van der Waals surface area contributed by atoms with Crippen molar-refractivity contribution in [1.29, 1.82) is 0 Å². The molecule has 0 radical (unpaired) electrons. The molecule has 0 saturated heterocycles. The first-order valence-corrected chi connectivity index (χ1v) is 21.5. The molecule has 0 fully saturated rings. The number of methoxy groups -OCH3 is 2. The molecule has 20 heteroatoms. The molecule has 2 atom stereocenters. The van der Waals surface area contributed by atoms with Gasteiger partial charge in [0.05, 0.1) is 52.7 Å². The number of likely N-dealkylation sites (N-methyl/N-ethyl adjacent to an activating group) is 2. The Morgan fingerprint density at radius 2 is 1.09 bits per heavy atom. The molecule has 66 heavy (non-hydrogen) atoms. The number of aliphatic carboxylic acids is 1. The number of carboxylic acid groups (broad SMARTS) is 1. The standard InChI is InChI=1S/C23H28ClFN6O2.C23H27ClFN5O3/c1-14(22(26)32)31(9-8-30(2)3)12-15-10-16-19(11-20(15)33-4)27-13-28-23(16)29-18-7-5-6-17(24)21(18)25;1-14(23(31)32)30(9-8-29(2)3)12-15-10-16-19(11-20(15)33-4)26-13-27-22(16)28-18-7-5-6-17(24)21(18)25/h5-7,10-11,13-14H,8-9,12H2,1-4H3,(H2,26,32)(H,27,28,29);5-7,10-11,13-14H,8-9,12H2,1-4H3,(H,31,32)(H,26,27,28)/t2*14-/m00/s1. The molecule has 2 heterocycles. The Morgan fingerprint density at radius 1 is 0.682 bits per heavy atom. The van der Waals surface area contributed by atoms with E-state index in [2.05, 4.69) is 30.6 Å². The van der Waals surface area contributed by atoms with Crippen LogP contribution >= 0.6 is 23.2 Å². The van der Waals surface area contributed by atoms with Gasteiger partial charge in [-0.1, -0.05) is 35.3 Å². The molecule has 0 spiro atoms. The lowest BCUT2D eigenvalue weighted by Crippen LogP contribution is -2.44. The highest BCUT2D eigenvalue weighted by atomic mass is 35.5. The Labute approximate surface area is 392 Å². The van der Waals surface area contributed by atoms with Gasteiger partial charge in [0.25, 0.3) is 0 Å². The van der Waals surface area contributed by atoms with E-state index in [0.29, 0.717) is 77.7 Å². The Morgan fingerprint density at radius 3 is 1.45 bits per heavy atom. The average molecular weight is 951 g/mol. The maximum absolute atomic E-state index is 14.5. The summed E-state index contributed by atoms with van der Waals surface area (Å²) in [7, 11) is 10.9. The van der Waals surface area contributed by atoms with Crippen LogP contribution in [0.3, 0.4) is 0 Å². The third-order valence-corrected chi connectivity index (χ3v) is 11.3. The van der Waals surface area contributed by atoms with Gasteiger partial charge in [0, 0.05) is 73.3 Å². The fraction of sp³-hybridized carbons (Fsp3) is 0.348. The van der Waals surface area contributed by atoms with Crippen LogP contribution in [0.1, 0.15) is 25.0 Å². The number of anilines is 4. The van der Waals surface area contributed by atoms with Crippen molar-refractivity contribution in [1.82, 2.24) is 39.5 Å². The van der Waals surface area contributed by atoms with Crippen molar-refractivity contribution in [2.45, 2.75) is 39.0 Å². The quantitative estimate of drug-likeness (QED) is 0.0592. The highest BCUT2D eigenvalue weighted by Gasteiger charge is 2.24. The lowest BCUT2D eigenvalue weighted by Gasteiger charge is -2.29. The van der Waals surface area contributed by atoms with Crippen molar-refractivity contribution in [3.05, 3.63) is 106 Å². The molecular formula is C46H55Cl2F2N11O5. The highest BCUT2D eigenvalue weighted by molar-refractivity contribution is 6.31. The number of benzene rings is 4. The van der Waals surface area contributed by atoms with Crippen molar-refractivity contribution < 1.29 is 33.0 Å². The molecule has 0 bridgehead atoms. The van der Waals surface area contributed by atoms with E-state index in [1.807, 2.05) is 59.9 Å². The number of nitrogens with one attached hydrogen (secondary N) is 2. The number of hydrogen-bond acceptors (Lipinski definition) is 14.